The number of anilines is 1. The molecule has 0 spiro atoms. The first-order valence-electron chi connectivity index (χ1n) is 9.14. The summed E-state index contributed by atoms with van der Waals surface area (Å²) in [6, 6.07) is 14.0. The first-order chi connectivity index (χ1) is 13.0. The van der Waals surface area contributed by atoms with E-state index in [9.17, 15) is 4.79 Å². The molecule has 0 radical (unpaired) electrons. The first-order valence-corrected chi connectivity index (χ1v) is 9.14. The molecule has 1 saturated heterocycles. The summed E-state index contributed by atoms with van der Waals surface area (Å²) < 4.78 is 10.8. The molecule has 2 aromatic heterocycles. The third kappa shape index (κ3) is 3.53. The maximum atomic E-state index is 12.6. The number of benzene rings is 1. The fraction of sp³-hybridized carbons (Fsp3) is 0.333. The number of piperazine rings is 1. The lowest BCUT2D eigenvalue weighted by atomic mass is 10.1. The van der Waals surface area contributed by atoms with Gasteiger partial charge in [-0.05, 0) is 38.1 Å². The molecule has 6 heteroatoms. The summed E-state index contributed by atoms with van der Waals surface area (Å²) in [5.74, 6) is 0.462. The average Bonchev–Trinajstić information content (AvgIpc) is 2.66. The molecular formula is C21H23N3O3. The zero-order valence-corrected chi connectivity index (χ0v) is 15.7. The Labute approximate surface area is 157 Å². The number of nitrogens with zero attached hydrogens (tertiary/aromatic N) is 2. The van der Waals surface area contributed by atoms with Crippen molar-refractivity contribution < 1.29 is 9.15 Å². The summed E-state index contributed by atoms with van der Waals surface area (Å²) in [5.41, 5.74) is 2.22. The molecule has 1 aromatic carbocycles. The minimum absolute atomic E-state index is 0.401. The molecule has 0 aliphatic carbocycles. The van der Waals surface area contributed by atoms with Crippen LogP contribution in [0.5, 0.6) is 5.88 Å². The van der Waals surface area contributed by atoms with Crippen LogP contribution < -0.4 is 20.6 Å². The highest BCUT2D eigenvalue weighted by Crippen LogP contribution is 2.26. The summed E-state index contributed by atoms with van der Waals surface area (Å²) in [6.07, 6.45) is 0. The predicted molar refractivity (Wildman–Crippen MR) is 107 cm³/mol. The Hall–Kier alpha value is -2.86. The number of fused-ring (bicyclic) bond motifs is 1. The molecular weight excluding hydrogens is 342 g/mol. The van der Waals surface area contributed by atoms with Gasteiger partial charge < -0.3 is 19.4 Å². The number of nitrogens with one attached hydrogen (secondary N) is 1. The zero-order valence-electron chi connectivity index (χ0n) is 15.7. The van der Waals surface area contributed by atoms with E-state index in [1.165, 1.54) is 0 Å². The zero-order chi connectivity index (χ0) is 19.0. The van der Waals surface area contributed by atoms with E-state index in [2.05, 4.69) is 35.1 Å². The second-order valence-corrected chi connectivity index (χ2v) is 7.11. The molecule has 0 saturated carbocycles. The second-order valence-electron chi connectivity index (χ2n) is 7.11. The van der Waals surface area contributed by atoms with Crippen molar-refractivity contribution in [3.63, 3.8) is 0 Å². The molecule has 1 fully saturated rings. The Bertz CT molecular complexity index is 1020. The molecule has 3 heterocycles. The van der Waals surface area contributed by atoms with Gasteiger partial charge in [0.2, 0.25) is 5.88 Å². The Kier molecular flexibility index (Phi) is 4.58. The van der Waals surface area contributed by atoms with Gasteiger partial charge in [-0.2, -0.15) is 0 Å². The number of methoxy groups -OCH3 is 1. The molecule has 0 bridgehead atoms. The normalized spacial score (nSPS) is 20.0. The maximum Gasteiger partial charge on any atom is 0.345 e. The lowest BCUT2D eigenvalue weighted by Crippen LogP contribution is -2.54. The minimum atomic E-state index is -0.401. The van der Waals surface area contributed by atoms with Crippen LogP contribution in [0.1, 0.15) is 13.8 Å². The molecule has 1 aliphatic heterocycles. The van der Waals surface area contributed by atoms with E-state index in [4.69, 9.17) is 9.15 Å². The molecule has 27 heavy (non-hydrogen) atoms. The predicted octanol–water partition coefficient (Wildman–Crippen LogP) is 3.05. The van der Waals surface area contributed by atoms with Crippen molar-refractivity contribution in [3.8, 4) is 17.1 Å². The van der Waals surface area contributed by atoms with Crippen LogP contribution in [0, 0.1) is 0 Å². The highest BCUT2D eigenvalue weighted by Gasteiger charge is 2.21. The molecule has 0 amide bonds. The molecule has 1 N–H and O–H groups in total. The number of hydrogen-bond donors (Lipinski definition) is 1. The van der Waals surface area contributed by atoms with Crippen molar-refractivity contribution in [1.29, 1.82) is 0 Å². The van der Waals surface area contributed by atoms with E-state index < -0.39 is 5.63 Å². The van der Waals surface area contributed by atoms with Gasteiger partial charge in [-0.1, -0.05) is 6.07 Å². The smallest absolute Gasteiger partial charge is 0.345 e. The fourth-order valence-electron chi connectivity index (χ4n) is 3.69. The monoisotopic (exact) mass is 365 g/mol. The lowest BCUT2D eigenvalue weighted by Gasteiger charge is -2.37. The van der Waals surface area contributed by atoms with Gasteiger partial charge in [0.1, 0.15) is 5.58 Å². The average molecular weight is 365 g/mol. The molecule has 0 unspecified atom stereocenters. The Morgan fingerprint density at radius 2 is 1.93 bits per heavy atom. The van der Waals surface area contributed by atoms with Crippen LogP contribution in [0.3, 0.4) is 0 Å². The summed E-state index contributed by atoms with van der Waals surface area (Å²) in [6.45, 7) is 6.20. The topological polar surface area (TPSA) is 67.6 Å². The first kappa shape index (κ1) is 17.5. The van der Waals surface area contributed by atoms with Crippen molar-refractivity contribution in [2.75, 3.05) is 25.1 Å². The van der Waals surface area contributed by atoms with Gasteiger partial charge in [-0.15, -0.1) is 0 Å². The van der Waals surface area contributed by atoms with Crippen LogP contribution in [0.2, 0.25) is 0 Å². The van der Waals surface area contributed by atoms with Crippen molar-refractivity contribution in [2.24, 2.45) is 0 Å². The van der Waals surface area contributed by atoms with Crippen LogP contribution >= 0.6 is 0 Å². The summed E-state index contributed by atoms with van der Waals surface area (Å²) in [5, 5.41) is 4.40. The summed E-state index contributed by atoms with van der Waals surface area (Å²) >= 11 is 0. The van der Waals surface area contributed by atoms with Gasteiger partial charge in [0.25, 0.3) is 0 Å². The molecule has 3 aromatic rings. The van der Waals surface area contributed by atoms with Crippen LogP contribution in [0.25, 0.3) is 22.2 Å². The van der Waals surface area contributed by atoms with Crippen LogP contribution in [0.4, 0.5) is 5.69 Å². The fourth-order valence-corrected chi connectivity index (χ4v) is 3.69. The second kappa shape index (κ2) is 7.04. The highest BCUT2D eigenvalue weighted by molar-refractivity contribution is 5.84. The van der Waals surface area contributed by atoms with Crippen LogP contribution in [-0.2, 0) is 0 Å². The standard InChI is InChI=1S/C21H23N3O3/c1-13-11-24(12-14(2)22-13)16-8-7-15-9-17(21(25)27-19(15)10-16)18-5-4-6-20(23-18)26-3/h4-10,13-14,22H,11-12H2,1-3H3/t13-,14+. The van der Waals surface area contributed by atoms with E-state index in [1.54, 1.807) is 25.3 Å². The SMILES string of the molecule is COc1cccc(-c2cc3ccc(N4C[C@@H](C)N[C@@H](C)C4)cc3oc2=O)n1. The molecule has 2 atom stereocenters. The summed E-state index contributed by atoms with van der Waals surface area (Å²) in [7, 11) is 1.55. The van der Waals surface area contributed by atoms with E-state index in [0.717, 1.165) is 24.2 Å². The molecule has 4 rings (SSSR count). The molecule has 6 nitrogen and oxygen atoms in total. The van der Waals surface area contributed by atoms with Gasteiger partial charge in [0.15, 0.2) is 0 Å². The maximum absolute atomic E-state index is 12.6. The van der Waals surface area contributed by atoms with E-state index in [1.807, 2.05) is 18.2 Å². The third-order valence-corrected chi connectivity index (χ3v) is 4.85. The van der Waals surface area contributed by atoms with Gasteiger partial charge in [0.05, 0.1) is 18.4 Å². The number of hydrogen-bond acceptors (Lipinski definition) is 6. The van der Waals surface area contributed by atoms with Gasteiger partial charge in [-0.3, -0.25) is 0 Å². The number of aromatic nitrogens is 1. The van der Waals surface area contributed by atoms with E-state index in [-0.39, 0.29) is 0 Å². The quantitative estimate of drug-likeness (QED) is 0.720. The third-order valence-electron chi connectivity index (χ3n) is 4.85. The van der Waals surface area contributed by atoms with Crippen molar-refractivity contribution >= 4 is 16.7 Å². The van der Waals surface area contributed by atoms with Crippen LogP contribution in [0.15, 0.2) is 51.7 Å². The van der Waals surface area contributed by atoms with E-state index in [0.29, 0.717) is 34.8 Å². The summed E-state index contributed by atoms with van der Waals surface area (Å²) in [4.78, 5) is 19.2. The van der Waals surface area contributed by atoms with Crippen molar-refractivity contribution in [3.05, 3.63) is 52.9 Å². The Balaban J connectivity index is 1.73. The number of rotatable bonds is 3. The van der Waals surface area contributed by atoms with Crippen molar-refractivity contribution in [1.82, 2.24) is 10.3 Å². The van der Waals surface area contributed by atoms with Gasteiger partial charge in [0, 0.05) is 48.4 Å². The Morgan fingerprint density at radius 1 is 1.15 bits per heavy atom. The Morgan fingerprint density at radius 3 is 2.67 bits per heavy atom. The lowest BCUT2D eigenvalue weighted by molar-refractivity contribution is 0.398. The van der Waals surface area contributed by atoms with E-state index >= 15 is 0 Å². The number of ether oxygens (including phenoxy) is 1. The largest absolute Gasteiger partial charge is 0.481 e. The van der Waals surface area contributed by atoms with Gasteiger partial charge in [-0.25, -0.2) is 9.78 Å². The highest BCUT2D eigenvalue weighted by atomic mass is 16.5. The van der Waals surface area contributed by atoms with Gasteiger partial charge >= 0.3 is 5.63 Å². The molecule has 140 valence electrons. The van der Waals surface area contributed by atoms with Crippen molar-refractivity contribution in [2.45, 2.75) is 25.9 Å². The minimum Gasteiger partial charge on any atom is -0.481 e. The van der Waals surface area contributed by atoms with Crippen LogP contribution in [-0.4, -0.2) is 37.3 Å². The number of pyridine rings is 1. The molecule has 1 aliphatic rings.